The predicted octanol–water partition coefficient (Wildman–Crippen LogP) is -6.97. The lowest BCUT2D eigenvalue weighted by Gasteiger charge is -2.46. The highest BCUT2D eigenvalue weighted by Gasteiger charge is 2.62. The van der Waals surface area contributed by atoms with Crippen LogP contribution in [-0.4, -0.2) is 291 Å². The molecule has 0 bridgehead atoms. The van der Waals surface area contributed by atoms with E-state index in [-0.39, 0.29) is 31.2 Å². The zero-order valence-electron chi connectivity index (χ0n) is 53.7. The Morgan fingerprint density at radius 3 is 1.80 bits per heavy atom. The predicted molar refractivity (Wildman–Crippen MR) is 326 cm³/mol. The summed E-state index contributed by atoms with van der Waals surface area (Å²) in [6.45, 7) is 7.98. The van der Waals surface area contributed by atoms with Gasteiger partial charge in [-0.1, -0.05) is 49.4 Å². The minimum absolute atomic E-state index is 0.176. The number of rotatable bonds is 26. The van der Waals surface area contributed by atoms with Crippen molar-refractivity contribution in [1.82, 2.24) is 42.1 Å². The number of nitrogens with one attached hydrogen (secondary N) is 9. The Bertz CT molecular complexity index is 3090. The van der Waals surface area contributed by atoms with Gasteiger partial charge in [-0.2, -0.15) is 0 Å². The van der Waals surface area contributed by atoms with Crippen LogP contribution in [-0.2, 0) is 77.8 Å². The molecule has 96 heavy (non-hydrogen) atoms. The SMILES string of the molecule is CC(c1ccccc1)C(N)C(=O)NC(Cc1ccc(OC2OC(CO)C(OC3OC(CO)C(O)C4OC(C)(C)OC34)C3OC(C)(C)OC23)cc1)C(=O)NC(C(=O)NC(C(=O)NC([C]=O)CO)C(O)C1CNC(=N)N1C1OC(CO)C(O)C2OC(C)(C)OC21)C(O)C1CNC(=N)N1. The Morgan fingerprint density at radius 1 is 0.667 bits per heavy atom. The largest absolute Gasteiger partial charge is 0.462 e. The fourth-order valence-electron chi connectivity index (χ4n) is 13.2. The van der Waals surface area contributed by atoms with Crippen molar-refractivity contribution in [3.63, 3.8) is 0 Å². The van der Waals surface area contributed by atoms with Crippen molar-refractivity contribution in [1.29, 1.82) is 10.8 Å². The third-order valence-corrected chi connectivity index (χ3v) is 18.1. The number of aliphatic hydroxyl groups excluding tert-OH is 8. The summed E-state index contributed by atoms with van der Waals surface area (Å²) in [5.41, 5.74) is 7.65. The average molecular weight is 1360 g/mol. The van der Waals surface area contributed by atoms with Gasteiger partial charge in [0.05, 0.1) is 44.6 Å². The maximum atomic E-state index is 15.1. The molecule has 2 aromatic rings. The smallest absolute Gasteiger partial charge is 0.246 e. The summed E-state index contributed by atoms with van der Waals surface area (Å²) in [6, 6.07) is 3.35. The third kappa shape index (κ3) is 15.5. The van der Waals surface area contributed by atoms with Crippen molar-refractivity contribution in [2.24, 2.45) is 5.73 Å². The van der Waals surface area contributed by atoms with Crippen LogP contribution in [0.2, 0.25) is 0 Å². The maximum Gasteiger partial charge on any atom is 0.246 e. The summed E-state index contributed by atoms with van der Waals surface area (Å²) in [7, 11) is 0. The number of benzene rings is 2. The maximum absolute atomic E-state index is 15.1. The van der Waals surface area contributed by atoms with Gasteiger partial charge in [-0.3, -0.25) is 34.8 Å². The second-order valence-electron chi connectivity index (χ2n) is 26.3. The quantitative estimate of drug-likeness (QED) is 0.0416. The van der Waals surface area contributed by atoms with E-state index in [9.17, 15) is 55.2 Å². The number of hydrogen-bond donors (Lipinski definition) is 18. The Labute approximate surface area is 551 Å². The van der Waals surface area contributed by atoms with Crippen LogP contribution < -0.4 is 47.7 Å². The standard InChI is InChI=1S/C61H88N11O24/c1-25(27-11-9-8-10-12-27)36(62)51(83)68-30(17-26-13-15-29(16-14-26)86-55-49-46(93-61(6,7)96-49)43(35(24-77)89-55)90-56-48-45(92-60(4,5)95-48)42(81)34(23-76)88-56)50(82)70-37(39(78)31-18-65-57(63)69-31)53(85)71-38(52(84)67-28(20-73)21-74)40(79)32-19-66-58(64)72(32)54-47-44(91-59(2,3)94-47)41(80)33(22-75)87-54/h8-16,25,28,30-49,54-56,73,75-81H,17-20,22-24,62H2,1-7H3,(H2,64,66)(H,67,84)(H,68,83)(H,70,82)(H,71,85)(H3,63,65,69). The number of guanidine groups is 2. The van der Waals surface area contributed by atoms with Gasteiger partial charge in [-0.15, -0.1) is 0 Å². The molecule has 35 nitrogen and oxygen atoms in total. The zero-order valence-corrected chi connectivity index (χ0v) is 53.7. The molecule has 2 aromatic carbocycles. The Balaban J connectivity index is 0.910. The van der Waals surface area contributed by atoms with Gasteiger partial charge >= 0.3 is 0 Å². The number of aliphatic hydroxyl groups is 8. The van der Waals surface area contributed by atoms with E-state index in [0.717, 1.165) is 4.90 Å². The van der Waals surface area contributed by atoms with Gasteiger partial charge in [-0.25, -0.2) is 0 Å². The summed E-state index contributed by atoms with van der Waals surface area (Å²) in [5.74, 6) is -9.44. The van der Waals surface area contributed by atoms with E-state index in [1.807, 2.05) is 0 Å². The van der Waals surface area contributed by atoms with Gasteiger partial charge in [0.1, 0.15) is 109 Å². The molecule has 25 atom stereocenters. The molecule has 531 valence electrons. The van der Waals surface area contributed by atoms with Crippen molar-refractivity contribution < 1.29 is 117 Å². The highest BCUT2D eigenvalue weighted by Crippen LogP contribution is 2.44. The van der Waals surface area contributed by atoms with Crippen molar-refractivity contribution >= 4 is 41.8 Å². The number of nitrogens with zero attached hydrogens (tertiary/aromatic N) is 1. The lowest BCUT2D eigenvalue weighted by molar-refractivity contribution is -0.333. The summed E-state index contributed by atoms with van der Waals surface area (Å²) in [4.78, 5) is 72.1. The van der Waals surface area contributed by atoms with E-state index < -0.39 is 226 Å². The van der Waals surface area contributed by atoms with Crippen molar-refractivity contribution in [3.05, 3.63) is 65.7 Å². The second kappa shape index (κ2) is 29.6. The molecule has 0 aliphatic carbocycles. The van der Waals surface area contributed by atoms with Gasteiger partial charge in [0, 0.05) is 25.4 Å². The normalized spacial score (nSPS) is 35.0. The summed E-state index contributed by atoms with van der Waals surface area (Å²) >= 11 is 0. The number of amides is 4. The van der Waals surface area contributed by atoms with Gasteiger partial charge in [0.2, 0.25) is 36.2 Å². The number of fused-ring (bicyclic) bond motifs is 3. The highest BCUT2D eigenvalue weighted by molar-refractivity contribution is 5.96. The van der Waals surface area contributed by atoms with Crippen molar-refractivity contribution in [3.8, 4) is 5.75 Å². The number of carbonyl (C=O) groups excluding carboxylic acids is 5. The first kappa shape index (κ1) is 72.3. The first-order chi connectivity index (χ1) is 45.5. The Kier molecular flexibility index (Phi) is 22.3. The molecular formula is C61H88N11O24. The van der Waals surface area contributed by atoms with E-state index in [4.69, 9.17) is 68.7 Å². The Hall–Kier alpha value is -6.43. The van der Waals surface area contributed by atoms with E-state index in [0.29, 0.717) is 11.1 Å². The molecule has 8 saturated heterocycles. The number of hydrogen-bond acceptors (Lipinski definition) is 27. The first-order valence-electron chi connectivity index (χ1n) is 31.7. The van der Waals surface area contributed by atoms with Crippen LogP contribution in [0, 0.1) is 10.8 Å². The molecule has 0 spiro atoms. The monoisotopic (exact) mass is 1360 g/mol. The molecule has 1 radical (unpaired) electrons. The van der Waals surface area contributed by atoms with Crippen LogP contribution >= 0.6 is 0 Å². The molecule has 8 aliphatic rings. The molecule has 4 amide bonds. The van der Waals surface area contributed by atoms with Gasteiger partial charge in [-0.05, 0) is 64.8 Å². The molecule has 25 unspecified atom stereocenters. The molecule has 0 aromatic heterocycles. The molecule has 0 saturated carbocycles. The van der Waals surface area contributed by atoms with Crippen LogP contribution in [0.5, 0.6) is 5.75 Å². The van der Waals surface area contributed by atoms with Gasteiger partial charge in [0.25, 0.3) is 0 Å². The number of ether oxygens (including phenoxy) is 11. The molecule has 35 heteroatoms. The summed E-state index contributed by atoms with van der Waals surface area (Å²) in [6.07, 6.45) is -20.6. The van der Waals surface area contributed by atoms with Gasteiger partial charge < -0.3 is 141 Å². The summed E-state index contributed by atoms with van der Waals surface area (Å²) < 4.78 is 68.2. The Morgan fingerprint density at radius 2 is 1.21 bits per heavy atom. The fraction of sp³-hybridized carbons (Fsp3) is 0.689. The highest BCUT2D eigenvalue weighted by atomic mass is 16.8. The van der Waals surface area contributed by atoms with E-state index in [1.165, 1.54) is 18.4 Å². The lowest BCUT2D eigenvalue weighted by Crippen LogP contribution is -2.69. The topological polar surface area (TPSA) is 510 Å². The minimum atomic E-state index is -2.19. The fourth-order valence-corrected chi connectivity index (χ4v) is 13.2. The first-order valence-corrected chi connectivity index (χ1v) is 31.7. The second-order valence-corrected chi connectivity index (χ2v) is 26.3. The van der Waals surface area contributed by atoms with Crippen LogP contribution in [0.15, 0.2) is 54.6 Å². The lowest BCUT2D eigenvalue weighted by atomic mass is 9.93. The van der Waals surface area contributed by atoms with Gasteiger partial charge in [0.15, 0.2) is 47.9 Å². The molecule has 10 rings (SSSR count). The molecule has 8 aliphatic heterocycles. The van der Waals surface area contributed by atoms with Crippen LogP contribution in [0.4, 0.5) is 0 Å². The van der Waals surface area contributed by atoms with E-state index in [2.05, 4.69) is 37.2 Å². The summed E-state index contributed by atoms with van der Waals surface area (Å²) in [5, 5.41) is 123. The third-order valence-electron chi connectivity index (χ3n) is 18.1. The van der Waals surface area contributed by atoms with Crippen molar-refractivity contribution in [2.75, 3.05) is 39.5 Å². The molecular weight excluding hydrogens is 1270 g/mol. The molecule has 19 N–H and O–H groups in total. The van der Waals surface area contributed by atoms with Crippen LogP contribution in [0.3, 0.4) is 0 Å². The number of nitrogens with two attached hydrogens (primary N) is 1. The van der Waals surface area contributed by atoms with E-state index in [1.54, 1.807) is 90.9 Å². The minimum Gasteiger partial charge on any atom is -0.462 e. The van der Waals surface area contributed by atoms with Crippen LogP contribution in [0.1, 0.15) is 65.5 Å². The molecule has 8 heterocycles. The number of carbonyl (C=O) groups is 4. The van der Waals surface area contributed by atoms with Crippen LogP contribution in [0.25, 0.3) is 0 Å². The van der Waals surface area contributed by atoms with E-state index >= 15 is 9.59 Å². The molecule has 8 fully saturated rings. The zero-order chi connectivity index (χ0) is 69.5. The van der Waals surface area contributed by atoms with Crippen molar-refractivity contribution in [2.45, 2.75) is 225 Å². The average Bonchev–Trinajstić information content (AvgIpc) is 1.55.